The van der Waals surface area contributed by atoms with E-state index in [4.69, 9.17) is 0 Å². The van der Waals surface area contributed by atoms with Gasteiger partial charge in [-0.25, -0.2) is 8.78 Å². The molecule has 0 heterocycles. The summed E-state index contributed by atoms with van der Waals surface area (Å²) < 4.78 is 26.2. The standard InChI is InChI=1S/C16H16F2N2O/c1-10-3-5-14(11(2)7-10)20-16(21)9-19-15-6-4-12(17)8-13(15)18/h3-8,19H,9H2,1-2H3,(H,20,21). The summed E-state index contributed by atoms with van der Waals surface area (Å²) >= 11 is 0. The highest BCUT2D eigenvalue weighted by molar-refractivity contribution is 5.94. The molecule has 0 aromatic heterocycles. The fraction of sp³-hybridized carbons (Fsp3) is 0.188. The predicted molar refractivity (Wildman–Crippen MR) is 79.4 cm³/mol. The first-order valence-electron chi connectivity index (χ1n) is 6.52. The number of amides is 1. The highest BCUT2D eigenvalue weighted by atomic mass is 19.1. The Hall–Kier alpha value is -2.43. The van der Waals surface area contributed by atoms with E-state index in [1.165, 1.54) is 6.07 Å². The van der Waals surface area contributed by atoms with Gasteiger partial charge in [-0.3, -0.25) is 4.79 Å². The van der Waals surface area contributed by atoms with Gasteiger partial charge in [-0.05, 0) is 37.6 Å². The fourth-order valence-electron chi connectivity index (χ4n) is 1.96. The van der Waals surface area contributed by atoms with Gasteiger partial charge < -0.3 is 10.6 Å². The lowest BCUT2D eigenvalue weighted by Gasteiger charge is -2.11. The van der Waals surface area contributed by atoms with E-state index < -0.39 is 11.6 Å². The van der Waals surface area contributed by atoms with Crippen LogP contribution in [0.1, 0.15) is 11.1 Å². The van der Waals surface area contributed by atoms with E-state index in [0.29, 0.717) is 5.69 Å². The second-order valence-electron chi connectivity index (χ2n) is 4.84. The predicted octanol–water partition coefficient (Wildman–Crippen LogP) is 3.63. The van der Waals surface area contributed by atoms with Crippen molar-refractivity contribution < 1.29 is 13.6 Å². The number of aryl methyl sites for hydroxylation is 2. The van der Waals surface area contributed by atoms with Crippen LogP contribution in [-0.4, -0.2) is 12.5 Å². The molecule has 1 amide bonds. The van der Waals surface area contributed by atoms with E-state index in [2.05, 4.69) is 10.6 Å². The van der Waals surface area contributed by atoms with Crippen molar-refractivity contribution in [3.05, 3.63) is 59.2 Å². The van der Waals surface area contributed by atoms with Gasteiger partial charge in [-0.15, -0.1) is 0 Å². The molecule has 2 aromatic rings. The summed E-state index contributed by atoms with van der Waals surface area (Å²) in [5.74, 6) is -1.68. The maximum absolute atomic E-state index is 13.4. The van der Waals surface area contributed by atoms with Gasteiger partial charge in [0.25, 0.3) is 0 Å². The lowest BCUT2D eigenvalue weighted by atomic mass is 10.1. The second kappa shape index (κ2) is 6.35. The molecule has 21 heavy (non-hydrogen) atoms. The van der Waals surface area contributed by atoms with E-state index in [-0.39, 0.29) is 18.1 Å². The molecule has 2 N–H and O–H groups in total. The van der Waals surface area contributed by atoms with Crippen molar-refractivity contribution in [3.8, 4) is 0 Å². The topological polar surface area (TPSA) is 41.1 Å². The minimum Gasteiger partial charge on any atom is -0.374 e. The number of hydrogen-bond donors (Lipinski definition) is 2. The van der Waals surface area contributed by atoms with Crippen molar-refractivity contribution >= 4 is 17.3 Å². The first kappa shape index (κ1) is 15.0. The van der Waals surface area contributed by atoms with Gasteiger partial charge in [0.15, 0.2) is 0 Å². The molecule has 0 aliphatic rings. The maximum Gasteiger partial charge on any atom is 0.243 e. The molecule has 0 aliphatic carbocycles. The maximum atomic E-state index is 13.4. The van der Waals surface area contributed by atoms with Gasteiger partial charge >= 0.3 is 0 Å². The Morgan fingerprint density at radius 2 is 1.76 bits per heavy atom. The Morgan fingerprint density at radius 3 is 2.43 bits per heavy atom. The molecule has 2 rings (SSSR count). The monoisotopic (exact) mass is 290 g/mol. The summed E-state index contributed by atoms with van der Waals surface area (Å²) in [5.41, 5.74) is 2.87. The molecule has 0 atom stereocenters. The zero-order valence-electron chi connectivity index (χ0n) is 11.8. The summed E-state index contributed by atoms with van der Waals surface area (Å²) in [7, 11) is 0. The van der Waals surface area contributed by atoms with Crippen LogP contribution in [0.5, 0.6) is 0 Å². The molecule has 0 unspecified atom stereocenters. The molecule has 110 valence electrons. The van der Waals surface area contributed by atoms with Gasteiger partial charge in [-0.1, -0.05) is 17.7 Å². The first-order valence-corrected chi connectivity index (χ1v) is 6.52. The average molecular weight is 290 g/mol. The number of benzene rings is 2. The highest BCUT2D eigenvalue weighted by Crippen LogP contribution is 2.17. The van der Waals surface area contributed by atoms with Crippen molar-refractivity contribution in [2.24, 2.45) is 0 Å². The van der Waals surface area contributed by atoms with Crippen molar-refractivity contribution in [1.29, 1.82) is 0 Å². The minimum atomic E-state index is -0.727. The molecular weight excluding hydrogens is 274 g/mol. The largest absolute Gasteiger partial charge is 0.374 e. The molecular formula is C16H16F2N2O. The third-order valence-electron chi connectivity index (χ3n) is 3.03. The lowest BCUT2D eigenvalue weighted by molar-refractivity contribution is -0.114. The van der Waals surface area contributed by atoms with Crippen LogP contribution >= 0.6 is 0 Å². The van der Waals surface area contributed by atoms with Crippen LogP contribution < -0.4 is 10.6 Å². The van der Waals surface area contributed by atoms with Crippen LogP contribution in [0.15, 0.2) is 36.4 Å². The Kier molecular flexibility index (Phi) is 4.52. The molecule has 0 fully saturated rings. The SMILES string of the molecule is Cc1ccc(NC(=O)CNc2ccc(F)cc2F)c(C)c1. The minimum absolute atomic E-state index is 0.0900. The van der Waals surface area contributed by atoms with E-state index >= 15 is 0 Å². The summed E-state index contributed by atoms with van der Waals surface area (Å²) in [5, 5.41) is 5.38. The average Bonchev–Trinajstić information content (AvgIpc) is 2.41. The van der Waals surface area contributed by atoms with Crippen molar-refractivity contribution in [3.63, 3.8) is 0 Å². The molecule has 3 nitrogen and oxygen atoms in total. The molecule has 5 heteroatoms. The third-order valence-corrected chi connectivity index (χ3v) is 3.03. The molecule has 2 aromatic carbocycles. The van der Waals surface area contributed by atoms with Gasteiger partial charge in [0.05, 0.1) is 12.2 Å². The van der Waals surface area contributed by atoms with Crippen LogP contribution in [-0.2, 0) is 4.79 Å². The van der Waals surface area contributed by atoms with Crippen molar-refractivity contribution in [2.45, 2.75) is 13.8 Å². The number of carbonyl (C=O) groups is 1. The van der Waals surface area contributed by atoms with E-state index in [1.807, 2.05) is 32.0 Å². The van der Waals surface area contributed by atoms with E-state index in [0.717, 1.165) is 23.3 Å². The van der Waals surface area contributed by atoms with Gasteiger partial charge in [-0.2, -0.15) is 0 Å². The molecule has 0 aliphatic heterocycles. The van der Waals surface area contributed by atoms with Gasteiger partial charge in [0, 0.05) is 11.8 Å². The van der Waals surface area contributed by atoms with Crippen LogP contribution in [0.4, 0.5) is 20.2 Å². The van der Waals surface area contributed by atoms with E-state index in [9.17, 15) is 13.6 Å². The summed E-state index contributed by atoms with van der Waals surface area (Å²) in [6.07, 6.45) is 0. The smallest absolute Gasteiger partial charge is 0.243 e. The van der Waals surface area contributed by atoms with Gasteiger partial charge in [0.2, 0.25) is 5.91 Å². The zero-order chi connectivity index (χ0) is 15.4. The summed E-state index contributed by atoms with van der Waals surface area (Å²) in [6, 6.07) is 8.84. The number of nitrogens with one attached hydrogen (secondary N) is 2. The number of rotatable bonds is 4. The molecule has 0 radical (unpaired) electrons. The van der Waals surface area contributed by atoms with E-state index in [1.54, 1.807) is 0 Å². The third kappa shape index (κ3) is 4.02. The molecule has 0 bridgehead atoms. The Morgan fingerprint density at radius 1 is 1.05 bits per heavy atom. The quantitative estimate of drug-likeness (QED) is 0.902. The van der Waals surface area contributed by atoms with Gasteiger partial charge in [0.1, 0.15) is 11.6 Å². The summed E-state index contributed by atoms with van der Waals surface area (Å²) in [4.78, 5) is 11.8. The Balaban J connectivity index is 1.96. The number of halogens is 2. The number of anilines is 2. The number of hydrogen-bond acceptors (Lipinski definition) is 2. The molecule has 0 spiro atoms. The fourth-order valence-corrected chi connectivity index (χ4v) is 1.96. The zero-order valence-corrected chi connectivity index (χ0v) is 11.8. The Labute approximate surface area is 122 Å². The van der Waals surface area contributed by atoms with Crippen LogP contribution in [0.25, 0.3) is 0 Å². The highest BCUT2D eigenvalue weighted by Gasteiger charge is 2.07. The first-order chi connectivity index (χ1) is 9.95. The molecule has 0 saturated heterocycles. The molecule has 0 saturated carbocycles. The lowest BCUT2D eigenvalue weighted by Crippen LogP contribution is -2.22. The normalized spacial score (nSPS) is 10.3. The van der Waals surface area contributed by atoms with Crippen LogP contribution in [0.3, 0.4) is 0 Å². The second-order valence-corrected chi connectivity index (χ2v) is 4.84. The van der Waals surface area contributed by atoms with Crippen molar-refractivity contribution in [2.75, 3.05) is 17.2 Å². The van der Waals surface area contributed by atoms with Crippen molar-refractivity contribution in [1.82, 2.24) is 0 Å². The summed E-state index contributed by atoms with van der Waals surface area (Å²) in [6.45, 7) is 3.77. The Bertz CT molecular complexity index is 671. The van der Waals surface area contributed by atoms with Crippen LogP contribution in [0.2, 0.25) is 0 Å². The van der Waals surface area contributed by atoms with Crippen LogP contribution in [0, 0.1) is 25.5 Å². The number of carbonyl (C=O) groups excluding carboxylic acids is 1.